The molecule has 0 aromatic rings. The van der Waals surface area contributed by atoms with Gasteiger partial charge in [0.15, 0.2) is 11.6 Å². The number of nitrogens with zero attached hydrogens (tertiary/aromatic N) is 2. The number of carbonyl (C=O) groups excluding carboxylic acids is 6. The van der Waals surface area contributed by atoms with Crippen molar-refractivity contribution in [3.8, 4) is 0 Å². The molecule has 2 atom stereocenters. The second-order valence-electron chi connectivity index (χ2n) is 6.30. The van der Waals surface area contributed by atoms with Crippen LogP contribution in [-0.2, 0) is 28.8 Å². The molecule has 0 radical (unpaired) electrons. The normalized spacial score (nSPS) is 19.5. The van der Waals surface area contributed by atoms with Crippen LogP contribution in [0.15, 0.2) is 24.3 Å². The zero-order valence-corrected chi connectivity index (χ0v) is 14.8. The number of imide groups is 2. The van der Waals surface area contributed by atoms with Crippen LogP contribution in [0.25, 0.3) is 0 Å². The Morgan fingerprint density at radius 2 is 1.04 bits per heavy atom. The Bertz CT molecular complexity index is 688. The number of nitrogens with two attached hydrogens (primary N) is 2. The summed E-state index contributed by atoms with van der Waals surface area (Å²) in [6.07, 6.45) is 1.97. The number of aliphatic hydroxyl groups excluding tert-OH is 1. The van der Waals surface area contributed by atoms with Gasteiger partial charge in [-0.1, -0.05) is 0 Å². The molecule has 2 unspecified atom stereocenters. The highest BCUT2D eigenvalue weighted by Gasteiger charge is 2.33. The van der Waals surface area contributed by atoms with Gasteiger partial charge in [0.2, 0.25) is 0 Å². The summed E-state index contributed by atoms with van der Waals surface area (Å²) >= 11 is 0. The summed E-state index contributed by atoms with van der Waals surface area (Å²) in [5, 5.41) is 10.1. The minimum absolute atomic E-state index is 0.209. The quantitative estimate of drug-likeness (QED) is 0.322. The molecule has 2 heterocycles. The molecular formula is C17H20N4O7. The van der Waals surface area contributed by atoms with Crippen LogP contribution in [0.4, 0.5) is 0 Å². The van der Waals surface area contributed by atoms with Gasteiger partial charge in [-0.2, -0.15) is 0 Å². The molecule has 0 aliphatic carbocycles. The van der Waals surface area contributed by atoms with E-state index in [0.29, 0.717) is 0 Å². The Morgan fingerprint density at radius 1 is 0.750 bits per heavy atom. The second-order valence-corrected chi connectivity index (χ2v) is 6.30. The lowest BCUT2D eigenvalue weighted by Crippen LogP contribution is -2.55. The third-order valence-corrected chi connectivity index (χ3v) is 4.44. The zero-order valence-electron chi connectivity index (χ0n) is 14.8. The molecule has 0 spiro atoms. The number of hydrogen-bond acceptors (Lipinski definition) is 9. The Labute approximate surface area is 159 Å². The molecular weight excluding hydrogens is 372 g/mol. The minimum Gasteiger partial charge on any atom is -0.389 e. The maximum Gasteiger partial charge on any atom is 0.253 e. The first kappa shape index (κ1) is 21.3. The Hall–Kier alpha value is -3.02. The largest absolute Gasteiger partial charge is 0.389 e. The maximum atomic E-state index is 12.1. The third kappa shape index (κ3) is 4.63. The smallest absolute Gasteiger partial charge is 0.253 e. The van der Waals surface area contributed by atoms with E-state index in [0.717, 1.165) is 34.1 Å². The Balaban J connectivity index is 1.82. The standard InChI is InChI=1S/C17H20N4O7/c18-15(9(22)5-7-20-11(24)1-2-12(20)25)17(28)16(19)10(23)6-8-21-13(26)3-4-14(21)27/h1-4,15-17,28H,5-8,18-19H2. The lowest BCUT2D eigenvalue weighted by molar-refractivity contribution is -0.139. The van der Waals surface area contributed by atoms with Crippen LogP contribution in [0.1, 0.15) is 12.8 Å². The van der Waals surface area contributed by atoms with Gasteiger partial charge in [0.1, 0.15) is 0 Å². The molecule has 4 amide bonds. The van der Waals surface area contributed by atoms with Gasteiger partial charge in [0.05, 0.1) is 18.2 Å². The van der Waals surface area contributed by atoms with E-state index in [-0.39, 0.29) is 25.9 Å². The van der Waals surface area contributed by atoms with E-state index in [2.05, 4.69) is 0 Å². The van der Waals surface area contributed by atoms with Crippen molar-refractivity contribution >= 4 is 35.2 Å². The fourth-order valence-corrected chi connectivity index (χ4v) is 2.68. The summed E-state index contributed by atoms with van der Waals surface area (Å²) in [7, 11) is 0. The van der Waals surface area contributed by atoms with Crippen molar-refractivity contribution in [3.05, 3.63) is 24.3 Å². The van der Waals surface area contributed by atoms with Crippen LogP contribution in [0.2, 0.25) is 0 Å². The van der Waals surface area contributed by atoms with E-state index in [1.807, 2.05) is 0 Å². The summed E-state index contributed by atoms with van der Waals surface area (Å²) < 4.78 is 0. The highest BCUT2D eigenvalue weighted by Crippen LogP contribution is 2.09. The van der Waals surface area contributed by atoms with Crippen LogP contribution in [0.5, 0.6) is 0 Å². The molecule has 0 bridgehead atoms. The molecule has 150 valence electrons. The molecule has 0 fully saturated rings. The number of rotatable bonds is 10. The van der Waals surface area contributed by atoms with Crippen LogP contribution >= 0.6 is 0 Å². The number of hydrogen-bond donors (Lipinski definition) is 3. The highest BCUT2D eigenvalue weighted by atomic mass is 16.3. The average Bonchev–Trinajstić information content (AvgIpc) is 3.16. The summed E-state index contributed by atoms with van der Waals surface area (Å²) in [6.45, 7) is -0.418. The number of aliphatic hydroxyl groups is 1. The summed E-state index contributed by atoms with van der Waals surface area (Å²) in [4.78, 5) is 71.6. The van der Waals surface area contributed by atoms with Crippen molar-refractivity contribution in [2.45, 2.75) is 31.0 Å². The Kier molecular flexibility index (Phi) is 6.67. The van der Waals surface area contributed by atoms with Gasteiger partial charge in [-0.05, 0) is 0 Å². The van der Waals surface area contributed by atoms with Crippen molar-refractivity contribution in [2.24, 2.45) is 11.5 Å². The zero-order chi connectivity index (χ0) is 21.0. The minimum atomic E-state index is -1.70. The van der Waals surface area contributed by atoms with E-state index in [1.54, 1.807) is 0 Å². The SMILES string of the molecule is NC(C(=O)CCN1C(=O)C=CC1=O)C(O)C(N)C(=O)CCN1C(=O)C=CC1=O. The van der Waals surface area contributed by atoms with Crippen molar-refractivity contribution in [2.75, 3.05) is 13.1 Å². The van der Waals surface area contributed by atoms with Crippen LogP contribution in [-0.4, -0.2) is 81.4 Å². The van der Waals surface area contributed by atoms with Crippen molar-refractivity contribution in [3.63, 3.8) is 0 Å². The predicted molar refractivity (Wildman–Crippen MR) is 92.9 cm³/mol. The number of amides is 4. The topological polar surface area (TPSA) is 181 Å². The fraction of sp³-hybridized carbons (Fsp3) is 0.412. The van der Waals surface area contributed by atoms with Crippen molar-refractivity contribution < 1.29 is 33.9 Å². The molecule has 0 aromatic carbocycles. The molecule has 5 N–H and O–H groups in total. The molecule has 11 nitrogen and oxygen atoms in total. The van der Waals surface area contributed by atoms with Gasteiger partial charge in [-0.3, -0.25) is 38.6 Å². The molecule has 2 aliphatic rings. The summed E-state index contributed by atoms with van der Waals surface area (Å²) in [6, 6.07) is -3.01. The number of Topliss-reactive ketones (excluding diaryl/α,β-unsaturated/α-hetero) is 2. The lowest BCUT2D eigenvalue weighted by atomic mass is 9.95. The Morgan fingerprint density at radius 3 is 1.32 bits per heavy atom. The molecule has 11 heteroatoms. The molecule has 2 rings (SSSR count). The molecule has 28 heavy (non-hydrogen) atoms. The molecule has 0 saturated heterocycles. The molecule has 0 saturated carbocycles. The van der Waals surface area contributed by atoms with Crippen LogP contribution < -0.4 is 11.5 Å². The van der Waals surface area contributed by atoms with E-state index >= 15 is 0 Å². The van der Waals surface area contributed by atoms with Crippen LogP contribution in [0, 0.1) is 0 Å². The molecule has 2 aliphatic heterocycles. The monoisotopic (exact) mass is 392 g/mol. The summed E-state index contributed by atoms with van der Waals surface area (Å²) in [5.74, 6) is -3.59. The van der Waals surface area contributed by atoms with E-state index in [9.17, 15) is 33.9 Å². The van der Waals surface area contributed by atoms with Crippen molar-refractivity contribution in [1.82, 2.24) is 9.80 Å². The first-order valence-electron chi connectivity index (χ1n) is 8.45. The third-order valence-electron chi connectivity index (χ3n) is 4.44. The molecule has 0 aromatic heterocycles. The van der Waals surface area contributed by atoms with Gasteiger partial charge in [0, 0.05) is 50.2 Å². The summed E-state index contributed by atoms with van der Waals surface area (Å²) in [5.41, 5.74) is 11.3. The average molecular weight is 392 g/mol. The lowest BCUT2D eigenvalue weighted by Gasteiger charge is -2.24. The van der Waals surface area contributed by atoms with Crippen molar-refractivity contribution in [1.29, 1.82) is 0 Å². The van der Waals surface area contributed by atoms with Gasteiger partial charge >= 0.3 is 0 Å². The number of ketones is 2. The number of carbonyl (C=O) groups is 6. The van der Waals surface area contributed by atoms with E-state index in [4.69, 9.17) is 11.5 Å². The first-order valence-corrected chi connectivity index (χ1v) is 8.45. The highest BCUT2D eigenvalue weighted by molar-refractivity contribution is 6.13. The predicted octanol–water partition coefficient (Wildman–Crippen LogP) is -3.23. The van der Waals surface area contributed by atoms with E-state index < -0.39 is 53.4 Å². The van der Waals surface area contributed by atoms with Gasteiger partial charge in [0.25, 0.3) is 23.6 Å². The van der Waals surface area contributed by atoms with Crippen LogP contribution in [0.3, 0.4) is 0 Å². The maximum absolute atomic E-state index is 12.1. The van der Waals surface area contributed by atoms with Gasteiger partial charge < -0.3 is 16.6 Å². The second kappa shape index (κ2) is 8.78. The van der Waals surface area contributed by atoms with E-state index in [1.165, 1.54) is 0 Å². The first-order chi connectivity index (χ1) is 13.1. The van der Waals surface area contributed by atoms with Gasteiger partial charge in [-0.25, -0.2) is 0 Å². The fourth-order valence-electron chi connectivity index (χ4n) is 2.68. The van der Waals surface area contributed by atoms with Gasteiger partial charge in [-0.15, -0.1) is 0 Å².